The molecule has 0 aliphatic carbocycles. The van der Waals surface area contributed by atoms with Gasteiger partial charge in [0.1, 0.15) is 10.3 Å². The molecule has 0 N–H and O–H groups in total. The third-order valence-corrected chi connectivity index (χ3v) is 6.29. The zero-order valence-corrected chi connectivity index (χ0v) is 11.3. The molecule has 0 unspecified atom stereocenters. The molecule has 0 amide bonds. The lowest BCUT2D eigenvalue weighted by molar-refractivity contribution is 0.604. The number of thioether (sulfide) groups is 1. The van der Waals surface area contributed by atoms with Crippen molar-refractivity contribution in [2.24, 2.45) is 0 Å². The van der Waals surface area contributed by atoms with Crippen LogP contribution in [0.1, 0.15) is 12.5 Å². The number of nitriles is 1. The van der Waals surface area contributed by atoms with Crippen LogP contribution in [-0.2, 0) is 9.84 Å². The minimum atomic E-state index is -3.34. The largest absolute Gasteiger partial charge is 0.223 e. The number of halogens is 1. The van der Waals surface area contributed by atoms with Gasteiger partial charge >= 0.3 is 0 Å². The molecule has 0 aliphatic heterocycles. The molecule has 15 heavy (non-hydrogen) atoms. The number of hydrogen-bond donors (Lipinski definition) is 0. The van der Waals surface area contributed by atoms with Crippen molar-refractivity contribution in [3.8, 4) is 6.07 Å². The highest BCUT2D eigenvalue weighted by molar-refractivity contribution is 8.01. The Morgan fingerprint density at radius 2 is 2.20 bits per heavy atom. The fourth-order valence-corrected chi connectivity index (χ4v) is 5.17. The van der Waals surface area contributed by atoms with Gasteiger partial charge in [0.15, 0.2) is 9.84 Å². The molecular formula is C8H8ClNO2S3. The van der Waals surface area contributed by atoms with E-state index >= 15 is 0 Å². The van der Waals surface area contributed by atoms with Gasteiger partial charge < -0.3 is 0 Å². The van der Waals surface area contributed by atoms with Crippen LogP contribution in [0.15, 0.2) is 8.42 Å². The Kier molecular flexibility index (Phi) is 4.06. The van der Waals surface area contributed by atoms with Crippen LogP contribution in [0.2, 0.25) is 5.02 Å². The minimum absolute atomic E-state index is 0.0564. The number of sulfone groups is 1. The first-order chi connectivity index (χ1) is 6.91. The summed E-state index contributed by atoms with van der Waals surface area (Å²) in [6, 6.07) is 1.93. The molecule has 7 heteroatoms. The zero-order chi connectivity index (χ0) is 11.6. The molecule has 0 atom stereocenters. The lowest BCUT2D eigenvalue weighted by atomic mass is 10.4. The van der Waals surface area contributed by atoms with Crippen molar-refractivity contribution in [3.05, 3.63) is 10.6 Å². The van der Waals surface area contributed by atoms with E-state index in [1.807, 2.05) is 13.0 Å². The molecule has 1 aromatic heterocycles. The zero-order valence-electron chi connectivity index (χ0n) is 8.07. The normalized spacial score (nSPS) is 11.3. The molecule has 1 aromatic rings. The van der Waals surface area contributed by atoms with Crippen molar-refractivity contribution < 1.29 is 8.42 Å². The van der Waals surface area contributed by atoms with Gasteiger partial charge in [0.2, 0.25) is 0 Å². The predicted octanol–water partition coefficient (Wildman–Crippen LogP) is 2.79. The van der Waals surface area contributed by atoms with Gasteiger partial charge in [-0.25, -0.2) is 8.42 Å². The maximum Gasteiger partial charge on any atom is 0.186 e. The summed E-state index contributed by atoms with van der Waals surface area (Å²) in [4.78, 5) is 0. The molecule has 0 radical (unpaired) electrons. The molecule has 0 aliphatic rings. The average Bonchev–Trinajstić information content (AvgIpc) is 2.42. The third-order valence-electron chi connectivity index (χ3n) is 1.51. The maximum absolute atomic E-state index is 11.3. The lowest BCUT2D eigenvalue weighted by Gasteiger charge is -1.91. The van der Waals surface area contributed by atoms with Crippen LogP contribution in [0, 0.1) is 11.3 Å². The highest BCUT2D eigenvalue weighted by Gasteiger charge is 2.22. The van der Waals surface area contributed by atoms with Gasteiger partial charge in [-0.15, -0.1) is 23.1 Å². The molecular weight excluding hydrogens is 274 g/mol. The van der Waals surface area contributed by atoms with Crippen molar-refractivity contribution in [2.75, 3.05) is 12.0 Å². The standard InChI is InChI=1S/C8H8ClNO2S3/c1-3-13-7-5(4-10)6(9)8(14-7)15(2,11)12/h3H2,1-2H3. The van der Waals surface area contributed by atoms with E-state index in [0.717, 1.165) is 23.3 Å². The van der Waals surface area contributed by atoms with Crippen molar-refractivity contribution in [2.45, 2.75) is 15.3 Å². The maximum atomic E-state index is 11.3. The molecule has 0 bridgehead atoms. The molecule has 0 spiro atoms. The Morgan fingerprint density at radius 3 is 2.60 bits per heavy atom. The SMILES string of the molecule is CCSc1sc(S(C)(=O)=O)c(Cl)c1C#N. The third kappa shape index (κ3) is 2.67. The Bertz CT molecular complexity index is 513. The van der Waals surface area contributed by atoms with Crippen LogP contribution in [-0.4, -0.2) is 20.4 Å². The molecule has 1 heterocycles. The summed E-state index contributed by atoms with van der Waals surface area (Å²) in [7, 11) is -3.34. The number of rotatable bonds is 3. The summed E-state index contributed by atoms with van der Waals surface area (Å²) in [5.74, 6) is 0.773. The van der Waals surface area contributed by atoms with Crippen LogP contribution in [0.3, 0.4) is 0 Å². The molecule has 3 nitrogen and oxygen atoms in total. The molecule has 0 saturated heterocycles. The van der Waals surface area contributed by atoms with Crippen molar-refractivity contribution in [1.29, 1.82) is 5.26 Å². The highest BCUT2D eigenvalue weighted by Crippen LogP contribution is 2.41. The fraction of sp³-hybridized carbons (Fsp3) is 0.375. The number of nitrogens with zero attached hydrogens (tertiary/aromatic N) is 1. The van der Waals surface area contributed by atoms with Gasteiger partial charge in [0, 0.05) is 6.26 Å². The Balaban J connectivity index is 3.42. The molecule has 0 saturated carbocycles. The fourth-order valence-electron chi connectivity index (χ4n) is 0.938. The van der Waals surface area contributed by atoms with Gasteiger partial charge in [0.25, 0.3) is 0 Å². The van der Waals surface area contributed by atoms with Crippen molar-refractivity contribution in [3.63, 3.8) is 0 Å². The van der Waals surface area contributed by atoms with E-state index in [4.69, 9.17) is 16.9 Å². The highest BCUT2D eigenvalue weighted by atomic mass is 35.5. The second-order valence-corrected chi connectivity index (χ2v) is 7.83. The quantitative estimate of drug-likeness (QED) is 0.800. The lowest BCUT2D eigenvalue weighted by Crippen LogP contribution is -1.93. The monoisotopic (exact) mass is 281 g/mol. The molecule has 82 valence electrons. The van der Waals surface area contributed by atoms with E-state index in [1.54, 1.807) is 0 Å². The first-order valence-electron chi connectivity index (χ1n) is 3.97. The van der Waals surface area contributed by atoms with E-state index in [0.29, 0.717) is 4.21 Å². The summed E-state index contributed by atoms with van der Waals surface area (Å²) in [6.07, 6.45) is 1.09. The van der Waals surface area contributed by atoms with E-state index in [1.165, 1.54) is 11.8 Å². The molecule has 0 fully saturated rings. The number of hydrogen-bond acceptors (Lipinski definition) is 5. The summed E-state index contributed by atoms with van der Waals surface area (Å²) < 4.78 is 23.4. The first kappa shape index (κ1) is 12.8. The van der Waals surface area contributed by atoms with E-state index in [-0.39, 0.29) is 14.8 Å². The molecule has 0 aromatic carbocycles. The molecule has 1 rings (SSSR count). The van der Waals surface area contributed by atoms with E-state index in [9.17, 15) is 8.42 Å². The Labute approximate surface area is 102 Å². The van der Waals surface area contributed by atoms with Crippen LogP contribution in [0.25, 0.3) is 0 Å². The van der Waals surface area contributed by atoms with Crippen LogP contribution >= 0.6 is 34.7 Å². The summed E-state index contributed by atoms with van der Waals surface area (Å²) in [5, 5.41) is 8.93. The Hall–Kier alpha value is -0.220. The van der Waals surface area contributed by atoms with Crippen molar-refractivity contribution >= 4 is 44.5 Å². The average molecular weight is 282 g/mol. The van der Waals surface area contributed by atoms with Crippen molar-refractivity contribution in [1.82, 2.24) is 0 Å². The first-order valence-corrected chi connectivity index (χ1v) is 8.04. The van der Waals surface area contributed by atoms with E-state index in [2.05, 4.69) is 0 Å². The Morgan fingerprint density at radius 1 is 1.60 bits per heavy atom. The summed E-state index contributed by atoms with van der Waals surface area (Å²) in [5.41, 5.74) is 0.272. The van der Waals surface area contributed by atoms with Gasteiger partial charge in [0.05, 0.1) is 14.8 Å². The minimum Gasteiger partial charge on any atom is -0.223 e. The second kappa shape index (κ2) is 4.74. The van der Waals surface area contributed by atoms with Gasteiger partial charge in [-0.1, -0.05) is 18.5 Å². The van der Waals surface area contributed by atoms with Gasteiger partial charge in [-0.3, -0.25) is 0 Å². The topological polar surface area (TPSA) is 57.9 Å². The van der Waals surface area contributed by atoms with Gasteiger partial charge in [-0.05, 0) is 5.75 Å². The van der Waals surface area contributed by atoms with Crippen LogP contribution < -0.4 is 0 Å². The van der Waals surface area contributed by atoms with Crippen LogP contribution in [0.5, 0.6) is 0 Å². The smallest absolute Gasteiger partial charge is 0.186 e. The predicted molar refractivity (Wildman–Crippen MR) is 63.6 cm³/mol. The number of thiophene rings is 1. The van der Waals surface area contributed by atoms with E-state index < -0.39 is 9.84 Å². The summed E-state index contributed by atoms with van der Waals surface area (Å²) >= 11 is 8.33. The van der Waals surface area contributed by atoms with Gasteiger partial charge in [-0.2, -0.15) is 5.26 Å². The van der Waals surface area contributed by atoms with Crippen LogP contribution in [0.4, 0.5) is 0 Å². The summed E-state index contributed by atoms with van der Waals surface area (Å²) in [6.45, 7) is 1.93. The second-order valence-electron chi connectivity index (χ2n) is 2.68.